The van der Waals surface area contributed by atoms with Crippen LogP contribution in [0.1, 0.15) is 15.9 Å². The van der Waals surface area contributed by atoms with Gasteiger partial charge in [-0.05, 0) is 17.7 Å². The predicted molar refractivity (Wildman–Crippen MR) is 107 cm³/mol. The number of pyridine rings is 1. The highest BCUT2D eigenvalue weighted by molar-refractivity contribution is 6.31. The summed E-state index contributed by atoms with van der Waals surface area (Å²) in [5, 5.41) is 13.4. The minimum absolute atomic E-state index is 0.139. The van der Waals surface area contributed by atoms with E-state index in [2.05, 4.69) is 10.2 Å². The second kappa shape index (κ2) is 9.84. The topological polar surface area (TPSA) is 83.8 Å². The lowest BCUT2D eigenvalue weighted by molar-refractivity contribution is 0.0149. The molecule has 0 spiro atoms. The van der Waals surface area contributed by atoms with Crippen LogP contribution in [0.3, 0.4) is 0 Å². The van der Waals surface area contributed by atoms with Crippen molar-refractivity contribution in [2.75, 3.05) is 39.4 Å². The molecule has 1 saturated heterocycles. The van der Waals surface area contributed by atoms with Crippen molar-refractivity contribution in [2.45, 2.75) is 12.6 Å². The first-order valence-electron chi connectivity index (χ1n) is 9.23. The number of aliphatic hydroxyl groups is 1. The van der Waals surface area contributed by atoms with E-state index in [-0.39, 0.29) is 24.6 Å². The van der Waals surface area contributed by atoms with Gasteiger partial charge in [0, 0.05) is 43.5 Å². The van der Waals surface area contributed by atoms with E-state index in [4.69, 9.17) is 16.3 Å². The Bertz CT molecular complexity index is 865. The van der Waals surface area contributed by atoms with Crippen LogP contribution in [0, 0.1) is 0 Å². The Balaban J connectivity index is 1.59. The van der Waals surface area contributed by atoms with Crippen molar-refractivity contribution >= 4 is 17.5 Å². The van der Waals surface area contributed by atoms with Crippen LogP contribution in [0.25, 0.3) is 0 Å². The van der Waals surface area contributed by atoms with Gasteiger partial charge in [0.1, 0.15) is 0 Å². The number of β-amino-alcohol motifs (C(OH)–C–C–N with tert-alkyl or cyclic N) is 1. The minimum atomic E-state index is -0.670. The summed E-state index contributed by atoms with van der Waals surface area (Å²) in [6, 6.07) is 10.1. The van der Waals surface area contributed by atoms with E-state index < -0.39 is 6.10 Å². The number of carbonyl (C=O) groups excluding carboxylic acids is 1. The molecule has 1 aromatic carbocycles. The number of halogens is 1. The van der Waals surface area contributed by atoms with Crippen molar-refractivity contribution in [1.82, 2.24) is 14.8 Å². The van der Waals surface area contributed by atoms with E-state index in [0.29, 0.717) is 30.3 Å². The normalized spacial score (nSPS) is 15.9. The molecule has 2 aromatic rings. The van der Waals surface area contributed by atoms with Gasteiger partial charge in [-0.1, -0.05) is 29.8 Å². The Labute approximate surface area is 168 Å². The standard InChI is InChI=1S/C20H24ClN3O4/c21-18-4-2-1-3-15(18)12-24-13-16(5-6-19(24)26)20(27)22-11-17(25)14-23-7-9-28-10-8-23/h1-6,13,17,25H,7-12,14H2,(H,22,27). The van der Waals surface area contributed by atoms with Crippen LogP contribution in [0.2, 0.25) is 5.02 Å². The predicted octanol–water partition coefficient (Wildman–Crippen LogP) is 0.973. The van der Waals surface area contributed by atoms with Crippen molar-refractivity contribution in [2.24, 2.45) is 0 Å². The summed E-state index contributed by atoms with van der Waals surface area (Å²) in [5.41, 5.74) is 0.929. The number of carbonyl (C=O) groups is 1. The highest BCUT2D eigenvalue weighted by Crippen LogP contribution is 2.15. The maximum absolute atomic E-state index is 12.4. The van der Waals surface area contributed by atoms with Gasteiger partial charge in [-0.3, -0.25) is 14.5 Å². The molecule has 28 heavy (non-hydrogen) atoms. The zero-order chi connectivity index (χ0) is 19.9. The van der Waals surface area contributed by atoms with Crippen LogP contribution in [0.5, 0.6) is 0 Å². The van der Waals surface area contributed by atoms with E-state index >= 15 is 0 Å². The van der Waals surface area contributed by atoms with Gasteiger partial charge in [-0.15, -0.1) is 0 Å². The number of aromatic nitrogens is 1. The molecule has 1 amide bonds. The smallest absolute Gasteiger partial charge is 0.252 e. The molecule has 1 unspecified atom stereocenters. The van der Waals surface area contributed by atoms with Crippen molar-refractivity contribution in [3.63, 3.8) is 0 Å². The average molecular weight is 406 g/mol. The molecule has 0 radical (unpaired) electrons. The fourth-order valence-corrected chi connectivity index (χ4v) is 3.25. The van der Waals surface area contributed by atoms with Gasteiger partial charge in [-0.2, -0.15) is 0 Å². The van der Waals surface area contributed by atoms with Gasteiger partial charge >= 0.3 is 0 Å². The Kier molecular flexibility index (Phi) is 7.22. The fourth-order valence-electron chi connectivity index (χ4n) is 3.06. The highest BCUT2D eigenvalue weighted by atomic mass is 35.5. The summed E-state index contributed by atoms with van der Waals surface area (Å²) in [7, 11) is 0. The second-order valence-corrected chi connectivity index (χ2v) is 7.16. The van der Waals surface area contributed by atoms with E-state index in [1.807, 2.05) is 18.2 Å². The molecule has 150 valence electrons. The van der Waals surface area contributed by atoms with Crippen molar-refractivity contribution in [3.05, 3.63) is 69.1 Å². The first-order valence-corrected chi connectivity index (χ1v) is 9.61. The molecule has 1 aliphatic rings. The summed E-state index contributed by atoms with van der Waals surface area (Å²) in [5.74, 6) is -0.339. The first kappa shape index (κ1) is 20.5. The maximum Gasteiger partial charge on any atom is 0.252 e. The molecule has 7 nitrogen and oxygen atoms in total. The molecular weight excluding hydrogens is 382 g/mol. The van der Waals surface area contributed by atoms with Gasteiger partial charge in [-0.25, -0.2) is 0 Å². The minimum Gasteiger partial charge on any atom is -0.390 e. The summed E-state index contributed by atoms with van der Waals surface area (Å²) >= 11 is 6.16. The largest absolute Gasteiger partial charge is 0.390 e. The van der Waals surface area contributed by atoms with E-state index in [9.17, 15) is 14.7 Å². The Morgan fingerprint density at radius 2 is 1.96 bits per heavy atom. The molecule has 2 N–H and O–H groups in total. The third-order valence-electron chi connectivity index (χ3n) is 4.62. The summed E-state index contributed by atoms with van der Waals surface area (Å²) in [6.45, 7) is 3.77. The van der Waals surface area contributed by atoms with Gasteiger partial charge in [0.05, 0.1) is 31.4 Å². The number of amides is 1. The lowest BCUT2D eigenvalue weighted by Crippen LogP contribution is -2.44. The quantitative estimate of drug-likeness (QED) is 0.717. The molecule has 1 aliphatic heterocycles. The molecule has 1 fully saturated rings. The number of morpholine rings is 1. The number of benzene rings is 1. The number of rotatable bonds is 7. The Hall–Kier alpha value is -2.19. The number of ether oxygens (including phenoxy) is 1. The van der Waals surface area contributed by atoms with Crippen molar-refractivity contribution < 1.29 is 14.6 Å². The molecule has 1 aromatic heterocycles. The second-order valence-electron chi connectivity index (χ2n) is 6.75. The molecule has 0 aliphatic carbocycles. The van der Waals surface area contributed by atoms with Gasteiger partial charge in [0.15, 0.2) is 0 Å². The summed E-state index contributed by atoms with van der Waals surface area (Å²) < 4.78 is 6.72. The van der Waals surface area contributed by atoms with E-state index in [1.165, 1.54) is 22.9 Å². The maximum atomic E-state index is 12.4. The van der Waals surface area contributed by atoms with Gasteiger partial charge < -0.3 is 19.7 Å². The lowest BCUT2D eigenvalue weighted by atomic mass is 10.2. The molecule has 0 saturated carbocycles. The number of nitrogens with zero attached hydrogens (tertiary/aromatic N) is 2. The molecular formula is C20H24ClN3O4. The van der Waals surface area contributed by atoms with Crippen LogP contribution in [0.15, 0.2) is 47.4 Å². The molecule has 8 heteroatoms. The number of nitrogens with one attached hydrogen (secondary N) is 1. The monoisotopic (exact) mass is 405 g/mol. The lowest BCUT2D eigenvalue weighted by Gasteiger charge is -2.28. The van der Waals surface area contributed by atoms with Crippen LogP contribution in [0.4, 0.5) is 0 Å². The highest BCUT2D eigenvalue weighted by Gasteiger charge is 2.16. The first-order chi connectivity index (χ1) is 13.5. The third-order valence-corrected chi connectivity index (χ3v) is 4.98. The van der Waals surface area contributed by atoms with Crippen LogP contribution < -0.4 is 10.9 Å². The van der Waals surface area contributed by atoms with Gasteiger partial charge in [0.25, 0.3) is 11.5 Å². The molecule has 3 rings (SSSR count). The number of aliphatic hydroxyl groups excluding tert-OH is 1. The molecule has 2 heterocycles. The SMILES string of the molecule is O=C(NCC(O)CN1CCOCC1)c1ccc(=O)n(Cc2ccccc2Cl)c1. The van der Waals surface area contributed by atoms with Gasteiger partial charge in [0.2, 0.25) is 0 Å². The third kappa shape index (κ3) is 5.65. The Morgan fingerprint density at radius 3 is 2.71 bits per heavy atom. The number of hydrogen-bond acceptors (Lipinski definition) is 5. The molecule has 1 atom stereocenters. The summed E-state index contributed by atoms with van der Waals surface area (Å²) in [4.78, 5) is 26.7. The van der Waals surface area contributed by atoms with E-state index in [0.717, 1.165) is 18.7 Å². The molecule has 0 bridgehead atoms. The average Bonchev–Trinajstić information content (AvgIpc) is 2.70. The van der Waals surface area contributed by atoms with Crippen molar-refractivity contribution in [1.29, 1.82) is 0 Å². The van der Waals surface area contributed by atoms with E-state index in [1.54, 1.807) is 6.07 Å². The zero-order valence-corrected chi connectivity index (χ0v) is 16.3. The summed E-state index contributed by atoms with van der Waals surface area (Å²) in [6.07, 6.45) is 0.839. The fraction of sp³-hybridized carbons (Fsp3) is 0.400. The van der Waals surface area contributed by atoms with Crippen LogP contribution in [-0.4, -0.2) is 66.0 Å². The Morgan fingerprint density at radius 1 is 1.21 bits per heavy atom. The number of hydrogen-bond donors (Lipinski definition) is 2. The van der Waals surface area contributed by atoms with Crippen LogP contribution >= 0.6 is 11.6 Å². The van der Waals surface area contributed by atoms with Crippen LogP contribution in [-0.2, 0) is 11.3 Å². The van der Waals surface area contributed by atoms with Crippen molar-refractivity contribution in [3.8, 4) is 0 Å². The zero-order valence-electron chi connectivity index (χ0n) is 15.5.